The minimum atomic E-state index is -0.417. The topological polar surface area (TPSA) is 72.4 Å². The molecule has 0 unspecified atom stereocenters. The van der Waals surface area contributed by atoms with Gasteiger partial charge in [-0.1, -0.05) is 27.7 Å². The first-order valence-corrected chi connectivity index (χ1v) is 5.83. The van der Waals surface area contributed by atoms with Crippen LogP contribution in [-0.4, -0.2) is 41.2 Å². The van der Waals surface area contributed by atoms with E-state index in [1.165, 1.54) is 0 Å². The third-order valence-corrected chi connectivity index (χ3v) is 1.03. The molecule has 0 bridgehead atoms. The SMILES string of the molecule is CC(=O)CCC[O][Al+2].CC(C)[O-].CC(C)[O-]. The van der Waals surface area contributed by atoms with Crippen molar-refractivity contribution in [3.05, 3.63) is 0 Å². The van der Waals surface area contributed by atoms with E-state index < -0.39 is 12.2 Å². The summed E-state index contributed by atoms with van der Waals surface area (Å²) in [5.74, 6) is 0.229. The molecule has 0 saturated heterocycles. The fourth-order valence-corrected chi connectivity index (χ4v) is 0.571. The number of hydrogen-bond acceptors (Lipinski definition) is 4. The Morgan fingerprint density at radius 2 is 1.50 bits per heavy atom. The fourth-order valence-electron chi connectivity index (χ4n) is 0.404. The Labute approximate surface area is 108 Å². The summed E-state index contributed by atoms with van der Waals surface area (Å²) in [6.07, 6.45) is 0.632. The maximum atomic E-state index is 10.3. The second-order valence-corrected chi connectivity index (χ2v) is 4.11. The zero-order chi connectivity index (χ0) is 13.6. The van der Waals surface area contributed by atoms with Gasteiger partial charge in [0, 0.05) is 0 Å². The summed E-state index contributed by atoms with van der Waals surface area (Å²) < 4.78 is 4.66. The largest absolute Gasteiger partial charge is 0.852 e. The molecule has 0 N–H and O–H groups in total. The zero-order valence-corrected chi connectivity index (χ0v) is 12.1. The van der Waals surface area contributed by atoms with Crippen LogP contribution >= 0.6 is 0 Å². The van der Waals surface area contributed by atoms with Gasteiger partial charge >= 0.3 is 57.4 Å². The van der Waals surface area contributed by atoms with Crippen LogP contribution in [-0.2, 0) is 8.58 Å². The van der Waals surface area contributed by atoms with E-state index in [0.29, 0.717) is 13.0 Å². The second kappa shape index (κ2) is 17.5. The molecule has 0 atom stereocenters. The summed E-state index contributed by atoms with van der Waals surface area (Å²) in [6, 6.07) is 0. The van der Waals surface area contributed by atoms with E-state index >= 15 is 0 Å². The van der Waals surface area contributed by atoms with Gasteiger partial charge < -0.3 is 10.2 Å². The summed E-state index contributed by atoms with van der Waals surface area (Å²) in [5, 5.41) is 19.1. The number of Topliss-reactive ketones (excluding diaryl/α,β-unsaturated/α-hetero) is 1. The van der Waals surface area contributed by atoms with Crippen LogP contribution in [0.4, 0.5) is 0 Å². The molecule has 5 heteroatoms. The Balaban J connectivity index is -0.000000179. The number of rotatable bonds is 4. The third kappa shape index (κ3) is 93.3. The summed E-state index contributed by atoms with van der Waals surface area (Å²) in [4.78, 5) is 10.3. The maximum Gasteiger partial charge on any atom is -0.0783 e. The average Bonchev–Trinajstić information content (AvgIpc) is 2.01. The molecule has 0 aliphatic rings. The van der Waals surface area contributed by atoms with Crippen LogP contribution in [0.25, 0.3) is 0 Å². The zero-order valence-electron chi connectivity index (χ0n) is 11.0. The van der Waals surface area contributed by atoms with E-state index in [1.54, 1.807) is 34.6 Å². The molecule has 94 valence electrons. The standard InChI is InChI=1S/C5H9O2.2C3H7O.Al/c1-5(7)3-2-4-6;2*1-3(2)4;/h2-4H2,1H3;2*3H,1-2H3;/q3*-1;+3. The van der Waals surface area contributed by atoms with Crippen LogP contribution < -0.4 is 10.2 Å². The molecule has 0 radical (unpaired) electrons. The van der Waals surface area contributed by atoms with E-state index in [-0.39, 0.29) is 5.78 Å². The summed E-state index contributed by atoms with van der Waals surface area (Å²) in [7, 11) is 0. The van der Waals surface area contributed by atoms with Crippen molar-refractivity contribution < 1.29 is 18.8 Å². The Hall–Kier alpha value is 0.0825. The molecule has 0 spiro atoms. The molecule has 0 fully saturated rings. The van der Waals surface area contributed by atoms with Crippen molar-refractivity contribution >= 4 is 22.4 Å². The minimum Gasteiger partial charge on any atom is -0.852 e. The normalized spacial score (nSPS) is 9.19. The van der Waals surface area contributed by atoms with Gasteiger partial charge in [0.15, 0.2) is 0 Å². The van der Waals surface area contributed by atoms with E-state index in [2.05, 4.69) is 20.4 Å². The van der Waals surface area contributed by atoms with Gasteiger partial charge in [-0.2, -0.15) is 0 Å². The minimum absolute atomic E-state index is 0.229. The van der Waals surface area contributed by atoms with Crippen molar-refractivity contribution in [2.45, 2.75) is 59.7 Å². The van der Waals surface area contributed by atoms with E-state index in [4.69, 9.17) is 0 Å². The van der Waals surface area contributed by atoms with Gasteiger partial charge in [0.05, 0.1) is 0 Å². The number of ketones is 1. The number of carbonyl (C=O) groups is 1. The first-order chi connectivity index (χ1) is 7.23. The van der Waals surface area contributed by atoms with E-state index in [9.17, 15) is 15.0 Å². The quantitative estimate of drug-likeness (QED) is 0.515. The van der Waals surface area contributed by atoms with Gasteiger partial charge in [-0.15, -0.1) is 12.2 Å². The third-order valence-electron chi connectivity index (χ3n) is 0.791. The van der Waals surface area contributed by atoms with Crippen LogP contribution in [0.5, 0.6) is 0 Å². The monoisotopic (exact) mass is 246 g/mol. The van der Waals surface area contributed by atoms with Gasteiger partial charge in [-0.3, -0.25) is 0 Å². The average molecular weight is 246 g/mol. The first kappa shape index (κ1) is 21.4. The molecule has 16 heavy (non-hydrogen) atoms. The second-order valence-electron chi connectivity index (χ2n) is 3.77. The first-order valence-electron chi connectivity index (χ1n) is 5.36. The predicted octanol–water partition coefficient (Wildman–Crippen LogP) is -0.0341. The Kier molecular flexibility index (Phi) is 23.3. The molecule has 0 aromatic heterocycles. The number of carbonyl (C=O) groups excluding carboxylic acids is 1. The molecule has 0 saturated carbocycles. The Morgan fingerprint density at radius 3 is 1.69 bits per heavy atom. The van der Waals surface area contributed by atoms with Gasteiger partial charge in [-0.25, -0.2) is 0 Å². The van der Waals surface area contributed by atoms with Crippen molar-refractivity contribution in [3.8, 4) is 0 Å². The van der Waals surface area contributed by atoms with Crippen LogP contribution in [0.2, 0.25) is 0 Å². The van der Waals surface area contributed by atoms with Gasteiger partial charge in [0.1, 0.15) is 0 Å². The molecule has 0 aromatic rings. The smallest absolute Gasteiger partial charge is 0.0783 e. The molecular formula is C11H23AlO4. The van der Waals surface area contributed by atoms with E-state index in [1.807, 2.05) is 0 Å². The van der Waals surface area contributed by atoms with Gasteiger partial charge in [0.2, 0.25) is 0 Å². The van der Waals surface area contributed by atoms with Gasteiger partial charge in [-0.05, 0) is 0 Å². The van der Waals surface area contributed by atoms with Crippen LogP contribution in [0.15, 0.2) is 0 Å². The van der Waals surface area contributed by atoms with Crippen molar-refractivity contribution in [3.63, 3.8) is 0 Å². The molecule has 0 aliphatic heterocycles. The van der Waals surface area contributed by atoms with Crippen molar-refractivity contribution in [2.75, 3.05) is 6.61 Å². The summed E-state index contributed by atoms with van der Waals surface area (Å²) in [6.45, 7) is 8.69. The Morgan fingerprint density at radius 1 is 1.19 bits per heavy atom. The molecule has 0 rings (SSSR count). The summed E-state index contributed by atoms with van der Waals surface area (Å²) >= 11 is 2.15. The van der Waals surface area contributed by atoms with Crippen molar-refractivity contribution in [1.82, 2.24) is 0 Å². The summed E-state index contributed by atoms with van der Waals surface area (Å²) in [5.41, 5.74) is 0. The molecule has 0 aliphatic carbocycles. The van der Waals surface area contributed by atoms with Crippen molar-refractivity contribution in [1.29, 1.82) is 0 Å². The predicted molar refractivity (Wildman–Crippen MR) is 61.9 cm³/mol. The molecule has 0 amide bonds. The molecule has 4 nitrogen and oxygen atoms in total. The van der Waals surface area contributed by atoms with Crippen LogP contribution in [0.3, 0.4) is 0 Å². The van der Waals surface area contributed by atoms with Crippen molar-refractivity contribution in [2.24, 2.45) is 0 Å². The maximum absolute atomic E-state index is 10.3. The van der Waals surface area contributed by atoms with Gasteiger partial charge in [0.25, 0.3) is 0 Å². The van der Waals surface area contributed by atoms with Crippen LogP contribution in [0, 0.1) is 0 Å². The fraction of sp³-hybridized carbons (Fsp3) is 0.909. The molecule has 0 aromatic carbocycles. The number of hydrogen-bond donors (Lipinski definition) is 0. The molecule has 0 heterocycles. The van der Waals surface area contributed by atoms with E-state index in [0.717, 1.165) is 6.42 Å². The Bertz CT molecular complexity index is 126. The molecular weight excluding hydrogens is 223 g/mol. The van der Waals surface area contributed by atoms with Crippen LogP contribution in [0.1, 0.15) is 47.5 Å².